The Morgan fingerprint density at radius 3 is 3.00 bits per heavy atom. The lowest BCUT2D eigenvalue weighted by molar-refractivity contribution is 0.611. The fourth-order valence-corrected chi connectivity index (χ4v) is 2.70. The number of hydrogen-bond acceptors (Lipinski definition) is 2. The molecule has 3 rings (SSSR count). The predicted molar refractivity (Wildman–Crippen MR) is 73.8 cm³/mol. The van der Waals surface area contributed by atoms with Crippen molar-refractivity contribution >= 4 is 5.82 Å². The van der Waals surface area contributed by atoms with E-state index < -0.39 is 0 Å². The van der Waals surface area contributed by atoms with E-state index in [0.717, 1.165) is 30.9 Å². The molecule has 0 fully saturated rings. The highest BCUT2D eigenvalue weighted by molar-refractivity contribution is 5.49. The molecule has 0 amide bonds. The van der Waals surface area contributed by atoms with Crippen molar-refractivity contribution in [2.24, 2.45) is 7.05 Å². The Kier molecular flexibility index (Phi) is 3.23. The molecule has 1 aromatic heterocycles. The van der Waals surface area contributed by atoms with E-state index in [9.17, 15) is 4.39 Å². The molecule has 1 aromatic carbocycles. The molecule has 1 N–H and O–H groups in total. The van der Waals surface area contributed by atoms with Crippen molar-refractivity contribution in [3.05, 3.63) is 46.9 Å². The lowest BCUT2D eigenvalue weighted by atomic mass is 10.0. The minimum absolute atomic E-state index is 0.150. The van der Waals surface area contributed by atoms with Crippen LogP contribution in [0.3, 0.4) is 0 Å². The van der Waals surface area contributed by atoms with E-state index in [2.05, 4.69) is 10.4 Å². The maximum absolute atomic E-state index is 13.7. The summed E-state index contributed by atoms with van der Waals surface area (Å²) >= 11 is 0. The van der Waals surface area contributed by atoms with Gasteiger partial charge in [-0.05, 0) is 30.9 Å². The zero-order valence-electron chi connectivity index (χ0n) is 11.1. The van der Waals surface area contributed by atoms with Crippen LogP contribution in [0.15, 0.2) is 24.3 Å². The SMILES string of the molecule is Cn1nc(Cc2ccccc2F)c2c1NCCCC2. The molecule has 0 saturated heterocycles. The summed E-state index contributed by atoms with van der Waals surface area (Å²) in [7, 11) is 1.95. The maximum Gasteiger partial charge on any atom is 0.127 e. The molecule has 0 unspecified atom stereocenters. The van der Waals surface area contributed by atoms with Crippen LogP contribution in [0.25, 0.3) is 0 Å². The second-order valence-corrected chi connectivity index (χ2v) is 5.05. The van der Waals surface area contributed by atoms with Crippen molar-refractivity contribution in [1.82, 2.24) is 9.78 Å². The summed E-state index contributed by atoms with van der Waals surface area (Å²) in [5.41, 5.74) is 2.97. The summed E-state index contributed by atoms with van der Waals surface area (Å²) in [5, 5.41) is 7.98. The number of rotatable bonds is 2. The van der Waals surface area contributed by atoms with Crippen LogP contribution >= 0.6 is 0 Å². The molecule has 0 saturated carbocycles. The van der Waals surface area contributed by atoms with E-state index >= 15 is 0 Å². The first-order valence-electron chi connectivity index (χ1n) is 6.77. The summed E-state index contributed by atoms with van der Waals surface area (Å²) in [6.07, 6.45) is 3.93. The molecule has 0 spiro atoms. The van der Waals surface area contributed by atoms with Crippen LogP contribution in [0.4, 0.5) is 10.2 Å². The third-order valence-corrected chi connectivity index (χ3v) is 3.69. The fraction of sp³-hybridized carbons (Fsp3) is 0.400. The highest BCUT2D eigenvalue weighted by atomic mass is 19.1. The highest BCUT2D eigenvalue weighted by Gasteiger charge is 2.18. The molecule has 4 heteroatoms. The van der Waals surface area contributed by atoms with Gasteiger partial charge >= 0.3 is 0 Å². The van der Waals surface area contributed by atoms with Gasteiger partial charge in [-0.1, -0.05) is 18.2 Å². The number of nitrogens with zero attached hydrogens (tertiary/aromatic N) is 2. The van der Waals surface area contributed by atoms with Gasteiger partial charge in [0.25, 0.3) is 0 Å². The Morgan fingerprint density at radius 2 is 2.16 bits per heavy atom. The highest BCUT2D eigenvalue weighted by Crippen LogP contribution is 2.26. The van der Waals surface area contributed by atoms with Crippen molar-refractivity contribution < 1.29 is 4.39 Å². The van der Waals surface area contributed by atoms with Crippen LogP contribution in [-0.2, 0) is 19.9 Å². The zero-order valence-corrected chi connectivity index (χ0v) is 11.1. The molecule has 19 heavy (non-hydrogen) atoms. The first-order chi connectivity index (χ1) is 9.25. The van der Waals surface area contributed by atoms with Gasteiger partial charge in [0.2, 0.25) is 0 Å². The molecule has 1 aliphatic rings. The summed E-state index contributed by atoms with van der Waals surface area (Å²) < 4.78 is 15.6. The first-order valence-corrected chi connectivity index (χ1v) is 6.77. The molecule has 2 heterocycles. The Hall–Kier alpha value is -1.84. The molecular weight excluding hydrogens is 241 g/mol. The van der Waals surface area contributed by atoms with Gasteiger partial charge in [-0.15, -0.1) is 0 Å². The second kappa shape index (κ2) is 5.03. The van der Waals surface area contributed by atoms with Crippen molar-refractivity contribution in [1.29, 1.82) is 0 Å². The van der Waals surface area contributed by atoms with Crippen LogP contribution in [0.1, 0.15) is 29.7 Å². The lowest BCUT2D eigenvalue weighted by Crippen LogP contribution is -2.04. The standard InChI is InChI=1S/C15H18FN3/c1-19-15-12(7-4-5-9-17-15)14(18-19)10-11-6-2-3-8-13(11)16/h2-3,6,8,17H,4-5,7,9-10H2,1H3. The molecule has 0 atom stereocenters. The molecule has 100 valence electrons. The minimum atomic E-state index is -0.150. The smallest absolute Gasteiger partial charge is 0.127 e. The van der Waals surface area contributed by atoms with E-state index in [1.54, 1.807) is 6.07 Å². The monoisotopic (exact) mass is 259 g/mol. The number of benzene rings is 1. The number of aromatic nitrogens is 2. The number of aryl methyl sites for hydroxylation is 1. The van der Waals surface area contributed by atoms with Gasteiger partial charge < -0.3 is 5.32 Å². The Balaban J connectivity index is 1.96. The molecule has 2 aromatic rings. The Labute approximate surface area is 112 Å². The molecule has 0 aliphatic carbocycles. The number of fused-ring (bicyclic) bond motifs is 1. The van der Waals surface area contributed by atoms with Crippen LogP contribution in [0, 0.1) is 5.82 Å². The Bertz CT molecular complexity index is 589. The normalized spacial score (nSPS) is 14.6. The Morgan fingerprint density at radius 1 is 1.32 bits per heavy atom. The van der Waals surface area contributed by atoms with E-state index in [0.29, 0.717) is 12.0 Å². The van der Waals surface area contributed by atoms with Gasteiger partial charge in [-0.2, -0.15) is 5.10 Å². The minimum Gasteiger partial charge on any atom is -0.370 e. The largest absolute Gasteiger partial charge is 0.370 e. The average molecular weight is 259 g/mol. The maximum atomic E-state index is 13.7. The third-order valence-electron chi connectivity index (χ3n) is 3.69. The van der Waals surface area contributed by atoms with Crippen molar-refractivity contribution in [2.45, 2.75) is 25.7 Å². The summed E-state index contributed by atoms with van der Waals surface area (Å²) in [6.45, 7) is 0.992. The summed E-state index contributed by atoms with van der Waals surface area (Å²) in [5.74, 6) is 0.951. The average Bonchev–Trinajstić information content (AvgIpc) is 2.60. The number of halogens is 1. The van der Waals surface area contributed by atoms with Gasteiger partial charge in [0, 0.05) is 25.6 Å². The second-order valence-electron chi connectivity index (χ2n) is 5.05. The topological polar surface area (TPSA) is 29.9 Å². The lowest BCUT2D eigenvalue weighted by Gasteiger charge is -2.04. The number of hydrogen-bond donors (Lipinski definition) is 1. The number of nitrogens with one attached hydrogen (secondary N) is 1. The summed E-state index contributed by atoms with van der Waals surface area (Å²) in [4.78, 5) is 0. The van der Waals surface area contributed by atoms with Crippen molar-refractivity contribution in [3.8, 4) is 0 Å². The first kappa shape index (κ1) is 12.2. The molecule has 0 radical (unpaired) electrons. The van der Waals surface area contributed by atoms with Gasteiger partial charge in [-0.3, -0.25) is 4.68 Å². The van der Waals surface area contributed by atoms with E-state index in [1.165, 1.54) is 18.1 Å². The van der Waals surface area contributed by atoms with E-state index in [-0.39, 0.29) is 5.82 Å². The third kappa shape index (κ3) is 2.35. The van der Waals surface area contributed by atoms with Gasteiger partial charge in [0.15, 0.2) is 0 Å². The molecule has 1 aliphatic heterocycles. The predicted octanol–water partition coefficient (Wildman–Crippen LogP) is 2.90. The van der Waals surface area contributed by atoms with Crippen LogP contribution in [0.2, 0.25) is 0 Å². The van der Waals surface area contributed by atoms with Gasteiger partial charge in [-0.25, -0.2) is 4.39 Å². The van der Waals surface area contributed by atoms with Crippen LogP contribution < -0.4 is 5.32 Å². The van der Waals surface area contributed by atoms with E-state index in [4.69, 9.17) is 0 Å². The van der Waals surface area contributed by atoms with Gasteiger partial charge in [0.05, 0.1) is 5.69 Å². The number of anilines is 1. The van der Waals surface area contributed by atoms with Crippen molar-refractivity contribution in [3.63, 3.8) is 0 Å². The van der Waals surface area contributed by atoms with Crippen LogP contribution in [-0.4, -0.2) is 16.3 Å². The molecular formula is C15H18FN3. The van der Waals surface area contributed by atoms with Crippen molar-refractivity contribution in [2.75, 3.05) is 11.9 Å². The summed E-state index contributed by atoms with van der Waals surface area (Å²) in [6, 6.07) is 6.94. The molecule has 3 nitrogen and oxygen atoms in total. The fourth-order valence-electron chi connectivity index (χ4n) is 2.70. The zero-order chi connectivity index (χ0) is 13.2. The molecule has 0 bridgehead atoms. The van der Waals surface area contributed by atoms with Gasteiger partial charge in [0.1, 0.15) is 11.6 Å². The quantitative estimate of drug-likeness (QED) is 0.898. The van der Waals surface area contributed by atoms with E-state index in [1.807, 2.05) is 23.9 Å². The van der Waals surface area contributed by atoms with Crippen LogP contribution in [0.5, 0.6) is 0 Å².